The predicted octanol–water partition coefficient (Wildman–Crippen LogP) is 2.49. The first-order valence-corrected chi connectivity index (χ1v) is 5.64. The van der Waals surface area contributed by atoms with E-state index in [1.165, 1.54) is 6.07 Å². The van der Waals surface area contributed by atoms with Crippen molar-refractivity contribution in [3.05, 3.63) is 52.3 Å². The standard InChI is InChI=1S/C12H13ClFN3/c1-8-16-6-11(5-15)17(8)7-9-2-3-10(13)4-12(9)14/h2-4,6H,5,7,15H2,1H3. The molecule has 17 heavy (non-hydrogen) atoms. The maximum absolute atomic E-state index is 13.7. The Balaban J connectivity index is 2.34. The number of hydrogen-bond acceptors (Lipinski definition) is 2. The fraction of sp³-hybridized carbons (Fsp3) is 0.250. The van der Waals surface area contributed by atoms with E-state index in [2.05, 4.69) is 4.98 Å². The van der Waals surface area contributed by atoms with Gasteiger partial charge in [0.25, 0.3) is 0 Å². The average Bonchev–Trinajstić information content (AvgIpc) is 2.64. The minimum absolute atomic E-state index is 0.312. The van der Waals surface area contributed by atoms with Crippen molar-refractivity contribution in [1.29, 1.82) is 0 Å². The van der Waals surface area contributed by atoms with Crippen LogP contribution >= 0.6 is 11.6 Å². The number of nitrogens with two attached hydrogens (primary N) is 1. The molecule has 0 saturated heterocycles. The van der Waals surface area contributed by atoms with E-state index in [1.54, 1.807) is 18.3 Å². The molecular formula is C12H13ClFN3. The van der Waals surface area contributed by atoms with Gasteiger partial charge in [0.05, 0.1) is 12.2 Å². The zero-order valence-corrected chi connectivity index (χ0v) is 10.2. The Kier molecular flexibility index (Phi) is 3.45. The third kappa shape index (κ3) is 2.48. The molecule has 0 aliphatic carbocycles. The van der Waals surface area contributed by atoms with Gasteiger partial charge in [0.1, 0.15) is 11.6 Å². The second-order valence-corrected chi connectivity index (χ2v) is 4.26. The highest BCUT2D eigenvalue weighted by Gasteiger charge is 2.09. The highest BCUT2D eigenvalue weighted by molar-refractivity contribution is 6.30. The van der Waals surface area contributed by atoms with Crippen LogP contribution in [0.3, 0.4) is 0 Å². The van der Waals surface area contributed by atoms with E-state index in [4.69, 9.17) is 17.3 Å². The van der Waals surface area contributed by atoms with Crippen molar-refractivity contribution in [2.45, 2.75) is 20.0 Å². The molecule has 0 aliphatic heterocycles. The molecule has 1 aromatic carbocycles. The van der Waals surface area contributed by atoms with Crippen molar-refractivity contribution >= 4 is 11.6 Å². The SMILES string of the molecule is Cc1ncc(CN)n1Cc1ccc(Cl)cc1F. The topological polar surface area (TPSA) is 43.8 Å². The molecular weight excluding hydrogens is 241 g/mol. The highest BCUT2D eigenvalue weighted by atomic mass is 35.5. The number of rotatable bonds is 3. The molecule has 5 heteroatoms. The molecule has 1 aromatic heterocycles. The molecule has 90 valence electrons. The van der Waals surface area contributed by atoms with Crippen molar-refractivity contribution in [1.82, 2.24) is 9.55 Å². The quantitative estimate of drug-likeness (QED) is 0.913. The van der Waals surface area contributed by atoms with Gasteiger partial charge in [-0.1, -0.05) is 17.7 Å². The van der Waals surface area contributed by atoms with Crippen LogP contribution in [-0.2, 0) is 13.1 Å². The van der Waals surface area contributed by atoms with E-state index in [9.17, 15) is 4.39 Å². The Morgan fingerprint density at radius 2 is 2.24 bits per heavy atom. The Morgan fingerprint density at radius 3 is 2.88 bits per heavy atom. The molecule has 0 bridgehead atoms. The fourth-order valence-corrected chi connectivity index (χ4v) is 1.87. The van der Waals surface area contributed by atoms with E-state index in [0.29, 0.717) is 23.7 Å². The van der Waals surface area contributed by atoms with Gasteiger partial charge in [-0.3, -0.25) is 0 Å². The number of halogens is 2. The molecule has 1 heterocycles. The first kappa shape index (κ1) is 12.1. The number of benzene rings is 1. The molecule has 2 N–H and O–H groups in total. The van der Waals surface area contributed by atoms with E-state index in [0.717, 1.165) is 11.5 Å². The summed E-state index contributed by atoms with van der Waals surface area (Å²) in [7, 11) is 0. The Labute approximate surface area is 104 Å². The predicted molar refractivity (Wildman–Crippen MR) is 65.4 cm³/mol. The third-order valence-corrected chi connectivity index (χ3v) is 2.93. The van der Waals surface area contributed by atoms with Gasteiger partial charge >= 0.3 is 0 Å². The first-order chi connectivity index (χ1) is 8.11. The lowest BCUT2D eigenvalue weighted by molar-refractivity contribution is 0.592. The lowest BCUT2D eigenvalue weighted by Gasteiger charge is -2.10. The molecule has 0 fully saturated rings. The minimum atomic E-state index is -0.312. The molecule has 0 spiro atoms. The smallest absolute Gasteiger partial charge is 0.129 e. The highest BCUT2D eigenvalue weighted by Crippen LogP contribution is 2.17. The number of imidazole rings is 1. The van der Waals surface area contributed by atoms with Gasteiger partial charge in [0, 0.05) is 23.3 Å². The van der Waals surface area contributed by atoms with E-state index in [-0.39, 0.29) is 5.82 Å². The molecule has 0 unspecified atom stereocenters. The van der Waals surface area contributed by atoms with Crippen LogP contribution in [0.1, 0.15) is 17.1 Å². The fourth-order valence-electron chi connectivity index (χ4n) is 1.71. The summed E-state index contributed by atoms with van der Waals surface area (Å²) in [4.78, 5) is 4.17. The molecule has 0 amide bonds. The van der Waals surface area contributed by atoms with Gasteiger partial charge in [-0.2, -0.15) is 0 Å². The summed E-state index contributed by atoms with van der Waals surface area (Å²) in [6.45, 7) is 2.67. The zero-order valence-electron chi connectivity index (χ0n) is 9.45. The lowest BCUT2D eigenvalue weighted by Crippen LogP contribution is -2.10. The number of aromatic nitrogens is 2. The normalized spacial score (nSPS) is 10.8. The van der Waals surface area contributed by atoms with Crippen molar-refractivity contribution < 1.29 is 4.39 Å². The van der Waals surface area contributed by atoms with Crippen LogP contribution < -0.4 is 5.73 Å². The van der Waals surface area contributed by atoms with E-state index < -0.39 is 0 Å². The van der Waals surface area contributed by atoms with E-state index in [1.807, 2.05) is 11.5 Å². The van der Waals surface area contributed by atoms with Crippen LogP contribution in [0.25, 0.3) is 0 Å². The lowest BCUT2D eigenvalue weighted by atomic mass is 10.2. The van der Waals surface area contributed by atoms with Gasteiger partial charge < -0.3 is 10.3 Å². The van der Waals surface area contributed by atoms with Crippen LogP contribution in [0.15, 0.2) is 24.4 Å². The minimum Gasteiger partial charge on any atom is -0.326 e. The van der Waals surface area contributed by atoms with Crippen LogP contribution in [0.4, 0.5) is 4.39 Å². The Bertz CT molecular complexity index is 537. The largest absolute Gasteiger partial charge is 0.326 e. The van der Waals surface area contributed by atoms with Crippen LogP contribution in [0.2, 0.25) is 5.02 Å². The number of nitrogens with zero attached hydrogens (tertiary/aromatic N) is 2. The van der Waals surface area contributed by atoms with Crippen LogP contribution in [0, 0.1) is 12.7 Å². The molecule has 3 nitrogen and oxygen atoms in total. The third-order valence-electron chi connectivity index (χ3n) is 2.69. The monoisotopic (exact) mass is 253 g/mol. The summed E-state index contributed by atoms with van der Waals surface area (Å²) in [6, 6.07) is 4.66. The summed E-state index contributed by atoms with van der Waals surface area (Å²) < 4.78 is 15.6. The van der Waals surface area contributed by atoms with Gasteiger partial charge in [-0.25, -0.2) is 9.37 Å². The summed E-state index contributed by atoms with van der Waals surface area (Å²) >= 11 is 5.71. The molecule has 0 atom stereocenters. The van der Waals surface area contributed by atoms with Gasteiger partial charge in [-0.15, -0.1) is 0 Å². The second kappa shape index (κ2) is 4.85. The summed E-state index contributed by atoms with van der Waals surface area (Å²) in [5.41, 5.74) is 7.06. The maximum atomic E-state index is 13.7. The molecule has 2 rings (SSSR count). The molecule has 0 radical (unpaired) electrons. The van der Waals surface area contributed by atoms with Gasteiger partial charge in [0.15, 0.2) is 0 Å². The molecule has 2 aromatic rings. The summed E-state index contributed by atoms with van der Waals surface area (Å²) in [5, 5.41) is 0.396. The Morgan fingerprint density at radius 1 is 1.47 bits per heavy atom. The average molecular weight is 254 g/mol. The van der Waals surface area contributed by atoms with Crippen LogP contribution in [0.5, 0.6) is 0 Å². The zero-order chi connectivity index (χ0) is 12.4. The van der Waals surface area contributed by atoms with Crippen LogP contribution in [-0.4, -0.2) is 9.55 Å². The Hall–Kier alpha value is -1.39. The van der Waals surface area contributed by atoms with Gasteiger partial charge in [0.2, 0.25) is 0 Å². The maximum Gasteiger partial charge on any atom is 0.129 e. The molecule has 0 saturated carbocycles. The number of hydrogen-bond donors (Lipinski definition) is 1. The second-order valence-electron chi connectivity index (χ2n) is 3.82. The molecule has 0 aliphatic rings. The summed E-state index contributed by atoms with van der Waals surface area (Å²) in [6.07, 6.45) is 1.71. The van der Waals surface area contributed by atoms with Crippen molar-refractivity contribution in [3.8, 4) is 0 Å². The first-order valence-electron chi connectivity index (χ1n) is 5.27. The summed E-state index contributed by atoms with van der Waals surface area (Å²) in [5.74, 6) is 0.508. The number of aryl methyl sites for hydroxylation is 1. The van der Waals surface area contributed by atoms with E-state index >= 15 is 0 Å². The van der Waals surface area contributed by atoms with Crippen molar-refractivity contribution in [2.24, 2.45) is 5.73 Å². The van der Waals surface area contributed by atoms with Crippen molar-refractivity contribution in [2.75, 3.05) is 0 Å². The van der Waals surface area contributed by atoms with Gasteiger partial charge in [-0.05, 0) is 19.1 Å². The van der Waals surface area contributed by atoms with Crippen molar-refractivity contribution in [3.63, 3.8) is 0 Å².